The van der Waals surface area contributed by atoms with Gasteiger partial charge in [-0.3, -0.25) is 4.57 Å². The first kappa shape index (κ1) is 10.9. The zero-order valence-corrected chi connectivity index (χ0v) is 5.99. The molecule has 0 radical (unpaired) electrons. The van der Waals surface area contributed by atoms with Gasteiger partial charge in [-0.2, -0.15) is 17.4 Å². The third kappa shape index (κ3) is 9.87. The van der Waals surface area contributed by atoms with Gasteiger partial charge in [0.2, 0.25) is 0 Å². The molecule has 0 aliphatic carbocycles. The normalized spacial score (nSPS) is 17.9. The van der Waals surface area contributed by atoms with Gasteiger partial charge in [0, 0.05) is 0 Å². The third-order valence-electron chi connectivity index (χ3n) is 0.631. The van der Waals surface area contributed by atoms with Crippen molar-refractivity contribution in [3.8, 4) is 0 Å². The Morgan fingerprint density at radius 2 is 1.91 bits per heavy atom. The van der Waals surface area contributed by atoms with Crippen LogP contribution in [0.1, 0.15) is 6.42 Å². The molecule has 0 saturated carbocycles. The summed E-state index contributed by atoms with van der Waals surface area (Å²) >= 11 is 0. The summed E-state index contributed by atoms with van der Waals surface area (Å²) in [4.78, 5) is 9.49. The van der Waals surface area contributed by atoms with Gasteiger partial charge < -0.3 is 9.42 Å². The molecule has 11 heavy (non-hydrogen) atoms. The Balaban J connectivity index is 3.52. The highest BCUT2D eigenvalue weighted by atomic mass is 31.2. The molecule has 0 heterocycles. The molecular weight excluding hydrogens is 191 g/mol. The lowest BCUT2D eigenvalue weighted by Gasteiger charge is -2.13. The van der Waals surface area contributed by atoms with E-state index < -0.39 is 27.1 Å². The standard InChI is InChI=1S/C3H5F4O3P/c4-3(5,6)1-2-10-11(7,8)9/h1-2H2,(H,8,9)/p-1. The fraction of sp³-hybridized carbons (Fsp3) is 1.00. The van der Waals surface area contributed by atoms with Gasteiger partial charge in [0.15, 0.2) is 0 Å². The van der Waals surface area contributed by atoms with Crippen LogP contribution in [0.4, 0.5) is 17.4 Å². The zero-order chi connectivity index (χ0) is 9.12. The van der Waals surface area contributed by atoms with Gasteiger partial charge in [-0.1, -0.05) is 0 Å². The van der Waals surface area contributed by atoms with Crippen LogP contribution in [0.3, 0.4) is 0 Å². The fourth-order valence-corrected chi connectivity index (χ4v) is 0.580. The van der Waals surface area contributed by atoms with E-state index >= 15 is 0 Å². The molecule has 0 aromatic heterocycles. The highest BCUT2D eigenvalue weighted by Gasteiger charge is 2.27. The highest BCUT2D eigenvalue weighted by molar-refractivity contribution is 7.45. The van der Waals surface area contributed by atoms with Gasteiger partial charge in [0.05, 0.1) is 13.0 Å². The second-order valence-electron chi connectivity index (χ2n) is 1.63. The van der Waals surface area contributed by atoms with Gasteiger partial charge in [-0.25, -0.2) is 0 Å². The van der Waals surface area contributed by atoms with Crippen LogP contribution in [0.15, 0.2) is 0 Å². The molecule has 1 atom stereocenters. The average molecular weight is 195 g/mol. The predicted molar refractivity (Wildman–Crippen MR) is 25.3 cm³/mol. The van der Waals surface area contributed by atoms with Crippen LogP contribution in [0.25, 0.3) is 0 Å². The molecule has 8 heteroatoms. The highest BCUT2D eigenvalue weighted by Crippen LogP contribution is 2.38. The van der Waals surface area contributed by atoms with Crippen molar-refractivity contribution in [1.29, 1.82) is 0 Å². The van der Waals surface area contributed by atoms with Gasteiger partial charge in [-0.15, -0.1) is 0 Å². The minimum absolute atomic E-state index is 1.21. The average Bonchev–Trinajstić information content (AvgIpc) is 1.55. The fourth-order valence-electron chi connectivity index (χ4n) is 0.270. The summed E-state index contributed by atoms with van der Waals surface area (Å²) in [6, 6.07) is 0. The molecule has 0 spiro atoms. The lowest BCUT2D eigenvalue weighted by atomic mass is 10.5. The first-order chi connectivity index (χ1) is 4.71. The second kappa shape index (κ2) is 3.51. The summed E-state index contributed by atoms with van der Waals surface area (Å²) in [7, 11) is -5.50. The van der Waals surface area contributed by atoms with Crippen LogP contribution < -0.4 is 4.89 Å². The van der Waals surface area contributed by atoms with Crippen LogP contribution in [0.2, 0.25) is 0 Å². The summed E-state index contributed by atoms with van der Waals surface area (Å²) in [5, 5.41) is 0. The Morgan fingerprint density at radius 1 is 1.45 bits per heavy atom. The molecule has 0 aliphatic heterocycles. The molecule has 0 aromatic rings. The Hall–Kier alpha value is -0.130. The van der Waals surface area contributed by atoms with E-state index in [0.717, 1.165) is 0 Å². The van der Waals surface area contributed by atoms with Crippen LogP contribution in [0.5, 0.6) is 0 Å². The summed E-state index contributed by atoms with van der Waals surface area (Å²) in [5.74, 6) is 0. The molecule has 1 unspecified atom stereocenters. The number of alkyl halides is 3. The van der Waals surface area contributed by atoms with Gasteiger partial charge in [-0.05, 0) is 0 Å². The van der Waals surface area contributed by atoms with Crippen LogP contribution in [-0.4, -0.2) is 12.8 Å². The molecule has 0 saturated heterocycles. The summed E-state index contributed by atoms with van der Waals surface area (Å²) in [6.07, 6.45) is -6.02. The van der Waals surface area contributed by atoms with Gasteiger partial charge in [0.1, 0.15) is 0 Å². The van der Waals surface area contributed by atoms with Crippen LogP contribution in [-0.2, 0) is 9.09 Å². The van der Waals surface area contributed by atoms with Crippen molar-refractivity contribution in [2.45, 2.75) is 12.6 Å². The van der Waals surface area contributed by atoms with Gasteiger partial charge >= 0.3 is 14.1 Å². The Kier molecular flexibility index (Phi) is 3.47. The monoisotopic (exact) mass is 195 g/mol. The van der Waals surface area contributed by atoms with E-state index in [9.17, 15) is 26.8 Å². The van der Waals surface area contributed by atoms with E-state index in [4.69, 9.17) is 0 Å². The van der Waals surface area contributed by atoms with Crippen LogP contribution in [0, 0.1) is 0 Å². The van der Waals surface area contributed by atoms with Crippen molar-refractivity contribution in [2.75, 3.05) is 6.61 Å². The van der Waals surface area contributed by atoms with E-state index in [1.807, 2.05) is 0 Å². The van der Waals surface area contributed by atoms with Crippen molar-refractivity contribution in [3.63, 3.8) is 0 Å². The molecule has 0 bridgehead atoms. The van der Waals surface area contributed by atoms with Gasteiger partial charge in [0.25, 0.3) is 0 Å². The van der Waals surface area contributed by atoms with E-state index in [0.29, 0.717) is 0 Å². The summed E-state index contributed by atoms with van der Waals surface area (Å²) < 4.78 is 57.8. The van der Waals surface area contributed by atoms with Crippen molar-refractivity contribution in [1.82, 2.24) is 0 Å². The van der Waals surface area contributed by atoms with Crippen molar-refractivity contribution in [3.05, 3.63) is 0 Å². The lowest BCUT2D eigenvalue weighted by Crippen LogP contribution is -2.12. The van der Waals surface area contributed by atoms with E-state index in [2.05, 4.69) is 4.52 Å². The minimum Gasteiger partial charge on any atom is -0.753 e. The Labute approximate surface area is 59.6 Å². The molecule has 0 rings (SSSR count). The Bertz CT molecular complexity index is 160. The van der Waals surface area contributed by atoms with Crippen molar-refractivity contribution >= 4 is 7.91 Å². The molecular formula is C3H4F4O3P-. The molecule has 0 aliphatic rings. The molecule has 0 aromatic carbocycles. The number of halogens is 4. The maximum atomic E-state index is 11.4. The first-order valence-corrected chi connectivity index (χ1v) is 3.86. The van der Waals surface area contributed by atoms with Crippen LogP contribution >= 0.6 is 7.91 Å². The maximum absolute atomic E-state index is 11.4. The van der Waals surface area contributed by atoms with E-state index in [1.54, 1.807) is 0 Å². The topological polar surface area (TPSA) is 49.4 Å². The van der Waals surface area contributed by atoms with Crippen molar-refractivity contribution in [2.24, 2.45) is 0 Å². The molecule has 0 N–H and O–H groups in total. The smallest absolute Gasteiger partial charge is 0.391 e. The van der Waals surface area contributed by atoms with Crippen molar-refractivity contribution < 1.29 is 31.4 Å². The van der Waals surface area contributed by atoms with E-state index in [-0.39, 0.29) is 0 Å². The number of rotatable bonds is 3. The number of hydrogen-bond donors (Lipinski definition) is 0. The second-order valence-corrected chi connectivity index (χ2v) is 2.75. The minimum atomic E-state index is -5.50. The third-order valence-corrected chi connectivity index (χ3v) is 1.12. The molecule has 0 amide bonds. The first-order valence-electron chi connectivity index (χ1n) is 2.43. The quantitative estimate of drug-likeness (QED) is 0.505. The molecule has 0 fully saturated rings. The zero-order valence-electron chi connectivity index (χ0n) is 5.10. The maximum Gasteiger partial charge on any atom is 0.391 e. The molecule has 3 nitrogen and oxygen atoms in total. The Morgan fingerprint density at radius 3 is 2.18 bits per heavy atom. The summed E-state index contributed by atoms with van der Waals surface area (Å²) in [5.41, 5.74) is 0. The lowest BCUT2D eigenvalue weighted by molar-refractivity contribution is -0.214. The molecule has 68 valence electrons. The SMILES string of the molecule is O=P([O-])(F)OCCC(F)(F)F. The summed E-state index contributed by atoms with van der Waals surface area (Å²) in [6.45, 7) is -1.21. The number of hydrogen-bond acceptors (Lipinski definition) is 3. The van der Waals surface area contributed by atoms with E-state index in [1.165, 1.54) is 0 Å². The largest absolute Gasteiger partial charge is 0.753 e. The predicted octanol–water partition coefficient (Wildman–Crippen LogP) is 1.39.